The van der Waals surface area contributed by atoms with Crippen molar-refractivity contribution in [1.29, 1.82) is 0 Å². The lowest BCUT2D eigenvalue weighted by atomic mass is 10.2. The Morgan fingerprint density at radius 3 is 2.95 bits per heavy atom. The second-order valence-electron chi connectivity index (χ2n) is 4.82. The highest BCUT2D eigenvalue weighted by atomic mass is 16.4. The van der Waals surface area contributed by atoms with E-state index in [0.29, 0.717) is 24.7 Å². The van der Waals surface area contributed by atoms with Gasteiger partial charge in [0, 0.05) is 24.3 Å². The number of amides is 2. The maximum Gasteiger partial charge on any atom is 0.321 e. The first-order valence-electron chi connectivity index (χ1n) is 7.28. The molecular weight excluding hydrogens is 284 g/mol. The molecule has 0 atom stereocenters. The molecule has 2 amide bonds. The fraction of sp³-hybridized carbons (Fsp3) is 0.400. The molecule has 118 valence electrons. The summed E-state index contributed by atoms with van der Waals surface area (Å²) in [5.41, 5.74) is 1.37. The minimum atomic E-state index is -0.231. The number of hydrogen-bond donors (Lipinski definition) is 2. The number of anilines is 1. The van der Waals surface area contributed by atoms with Crippen LogP contribution >= 0.6 is 0 Å². The molecule has 1 heterocycles. The van der Waals surface area contributed by atoms with E-state index >= 15 is 0 Å². The molecule has 0 radical (unpaired) electrons. The van der Waals surface area contributed by atoms with Gasteiger partial charge in [0.25, 0.3) is 0 Å². The van der Waals surface area contributed by atoms with Crippen LogP contribution in [0.2, 0.25) is 0 Å². The molecule has 2 aromatic rings. The van der Waals surface area contributed by atoms with Crippen molar-refractivity contribution in [2.75, 3.05) is 25.0 Å². The second-order valence-corrected chi connectivity index (χ2v) is 4.82. The number of carbonyl (C=O) groups is 1. The van der Waals surface area contributed by atoms with Gasteiger partial charge < -0.3 is 19.7 Å². The maximum atomic E-state index is 12.3. The Balaban J connectivity index is 2.05. The van der Waals surface area contributed by atoms with E-state index in [1.807, 2.05) is 6.07 Å². The van der Waals surface area contributed by atoms with E-state index in [1.54, 1.807) is 23.1 Å². The summed E-state index contributed by atoms with van der Waals surface area (Å²) >= 11 is 0. The van der Waals surface area contributed by atoms with Crippen molar-refractivity contribution in [3.8, 4) is 11.5 Å². The fourth-order valence-corrected chi connectivity index (χ4v) is 2.02. The number of aliphatic hydroxyl groups excluding tert-OH is 1. The second kappa shape index (κ2) is 8.14. The van der Waals surface area contributed by atoms with Crippen LogP contribution in [0.15, 0.2) is 35.1 Å². The van der Waals surface area contributed by atoms with Gasteiger partial charge in [-0.3, -0.25) is 0 Å². The summed E-state index contributed by atoms with van der Waals surface area (Å²) in [4.78, 5) is 13.9. The fourth-order valence-electron chi connectivity index (χ4n) is 2.02. The molecule has 0 spiro atoms. The first-order chi connectivity index (χ1) is 10.7. The predicted molar refractivity (Wildman–Crippen MR) is 82.3 cm³/mol. The number of aliphatic hydroxyl groups is 1. The number of benzene rings is 1. The Hall–Kier alpha value is -2.41. The van der Waals surface area contributed by atoms with Gasteiger partial charge in [-0.05, 0) is 24.6 Å². The molecule has 0 aliphatic rings. The largest absolute Gasteiger partial charge is 0.423 e. The number of unbranched alkanes of at least 4 members (excludes halogenated alkanes) is 1. The first kappa shape index (κ1) is 16.0. The van der Waals surface area contributed by atoms with Crippen LogP contribution in [0.25, 0.3) is 11.5 Å². The zero-order chi connectivity index (χ0) is 15.8. The zero-order valence-electron chi connectivity index (χ0n) is 12.5. The van der Waals surface area contributed by atoms with Crippen LogP contribution in [-0.2, 0) is 0 Å². The van der Waals surface area contributed by atoms with Crippen LogP contribution in [0.3, 0.4) is 0 Å². The molecule has 0 fully saturated rings. The van der Waals surface area contributed by atoms with Gasteiger partial charge in [-0.1, -0.05) is 19.4 Å². The summed E-state index contributed by atoms with van der Waals surface area (Å²) in [6, 6.07) is 6.95. The molecule has 22 heavy (non-hydrogen) atoms. The zero-order valence-corrected chi connectivity index (χ0v) is 12.5. The van der Waals surface area contributed by atoms with Gasteiger partial charge in [-0.15, -0.1) is 10.2 Å². The number of rotatable bonds is 7. The van der Waals surface area contributed by atoms with Gasteiger partial charge in [0.15, 0.2) is 0 Å². The third-order valence-electron chi connectivity index (χ3n) is 3.16. The van der Waals surface area contributed by atoms with Crippen LogP contribution in [0.5, 0.6) is 0 Å². The van der Waals surface area contributed by atoms with Gasteiger partial charge in [0.2, 0.25) is 12.3 Å². The van der Waals surface area contributed by atoms with Crippen molar-refractivity contribution in [2.24, 2.45) is 0 Å². The van der Waals surface area contributed by atoms with Crippen LogP contribution in [0.4, 0.5) is 10.5 Å². The molecule has 1 aromatic heterocycles. The minimum absolute atomic E-state index is 0.0564. The standard InChI is InChI=1S/C15H20N4O3/c1-2-3-7-19(8-9-20)15(21)17-13-6-4-5-12(10-13)14-18-16-11-22-14/h4-6,10-11,20H,2-3,7-9H2,1H3,(H,17,21). The van der Waals surface area contributed by atoms with Gasteiger partial charge in [-0.2, -0.15) is 0 Å². The number of nitrogens with one attached hydrogen (secondary N) is 1. The highest BCUT2D eigenvalue weighted by Crippen LogP contribution is 2.20. The summed E-state index contributed by atoms with van der Waals surface area (Å²) < 4.78 is 5.14. The summed E-state index contributed by atoms with van der Waals surface area (Å²) in [5, 5.41) is 19.4. The number of aromatic nitrogens is 2. The molecule has 0 unspecified atom stereocenters. The van der Waals surface area contributed by atoms with E-state index < -0.39 is 0 Å². The normalized spacial score (nSPS) is 10.5. The highest BCUT2D eigenvalue weighted by Gasteiger charge is 2.13. The maximum absolute atomic E-state index is 12.3. The Kier molecular flexibility index (Phi) is 5.91. The van der Waals surface area contributed by atoms with E-state index in [2.05, 4.69) is 22.4 Å². The van der Waals surface area contributed by atoms with E-state index in [4.69, 9.17) is 9.52 Å². The van der Waals surface area contributed by atoms with Gasteiger partial charge >= 0.3 is 6.03 Å². The monoisotopic (exact) mass is 304 g/mol. The minimum Gasteiger partial charge on any atom is -0.423 e. The van der Waals surface area contributed by atoms with Crippen molar-refractivity contribution in [3.63, 3.8) is 0 Å². The number of hydrogen-bond acceptors (Lipinski definition) is 5. The average Bonchev–Trinajstić information content (AvgIpc) is 3.06. The predicted octanol–water partition coefficient (Wildman–Crippen LogP) is 2.36. The molecule has 0 aliphatic carbocycles. The van der Waals surface area contributed by atoms with Crippen molar-refractivity contribution < 1.29 is 14.3 Å². The van der Waals surface area contributed by atoms with Crippen molar-refractivity contribution in [3.05, 3.63) is 30.7 Å². The van der Waals surface area contributed by atoms with Gasteiger partial charge in [0.1, 0.15) is 0 Å². The smallest absolute Gasteiger partial charge is 0.321 e. The van der Waals surface area contributed by atoms with E-state index in [0.717, 1.165) is 18.4 Å². The average molecular weight is 304 g/mol. The molecular formula is C15H20N4O3. The molecule has 2 N–H and O–H groups in total. The van der Waals surface area contributed by atoms with E-state index in [-0.39, 0.29) is 12.6 Å². The molecule has 1 aromatic carbocycles. The summed E-state index contributed by atoms with van der Waals surface area (Å²) in [7, 11) is 0. The number of nitrogens with zero attached hydrogens (tertiary/aromatic N) is 3. The number of urea groups is 1. The summed E-state index contributed by atoms with van der Waals surface area (Å²) in [5.74, 6) is 0.397. The molecule has 2 rings (SSSR count). The summed E-state index contributed by atoms with van der Waals surface area (Å²) in [6.45, 7) is 2.93. The van der Waals surface area contributed by atoms with Crippen molar-refractivity contribution in [2.45, 2.75) is 19.8 Å². The summed E-state index contributed by atoms with van der Waals surface area (Å²) in [6.07, 6.45) is 3.14. The molecule has 0 saturated carbocycles. The quantitative estimate of drug-likeness (QED) is 0.819. The van der Waals surface area contributed by atoms with Crippen LogP contribution < -0.4 is 5.32 Å². The molecule has 7 nitrogen and oxygen atoms in total. The van der Waals surface area contributed by atoms with Crippen molar-refractivity contribution in [1.82, 2.24) is 15.1 Å². The topological polar surface area (TPSA) is 91.5 Å². The molecule has 0 bridgehead atoms. The lowest BCUT2D eigenvalue weighted by Gasteiger charge is -2.22. The molecule has 0 aliphatic heterocycles. The Morgan fingerprint density at radius 1 is 1.41 bits per heavy atom. The van der Waals surface area contributed by atoms with E-state index in [1.165, 1.54) is 6.39 Å². The van der Waals surface area contributed by atoms with Crippen LogP contribution in [0.1, 0.15) is 19.8 Å². The third kappa shape index (κ3) is 4.29. The van der Waals surface area contributed by atoms with Crippen LogP contribution in [-0.4, -0.2) is 45.9 Å². The van der Waals surface area contributed by atoms with E-state index in [9.17, 15) is 4.79 Å². The lowest BCUT2D eigenvalue weighted by Crippen LogP contribution is -2.37. The first-order valence-corrected chi connectivity index (χ1v) is 7.28. The molecule has 7 heteroatoms. The SMILES string of the molecule is CCCCN(CCO)C(=O)Nc1cccc(-c2nnco2)c1. The van der Waals surface area contributed by atoms with Crippen molar-refractivity contribution >= 4 is 11.7 Å². The molecule has 0 saturated heterocycles. The number of carbonyl (C=O) groups excluding carboxylic acids is 1. The van der Waals surface area contributed by atoms with Gasteiger partial charge in [0.05, 0.1) is 6.61 Å². The van der Waals surface area contributed by atoms with Crippen LogP contribution in [0, 0.1) is 0 Å². The lowest BCUT2D eigenvalue weighted by molar-refractivity contribution is 0.187. The Morgan fingerprint density at radius 2 is 2.27 bits per heavy atom. The third-order valence-corrected chi connectivity index (χ3v) is 3.16. The Labute approximate surface area is 129 Å². The van der Waals surface area contributed by atoms with Gasteiger partial charge in [-0.25, -0.2) is 4.79 Å². The highest BCUT2D eigenvalue weighted by molar-refractivity contribution is 5.90. The Bertz CT molecular complexity index is 586.